The number of benzene rings is 2. The highest BCUT2D eigenvalue weighted by molar-refractivity contribution is 6.33. The molecule has 0 aromatic heterocycles. The van der Waals surface area contributed by atoms with E-state index >= 15 is 0 Å². The highest BCUT2D eigenvalue weighted by Crippen LogP contribution is 2.20. The molecule has 2 aromatic carbocycles. The lowest BCUT2D eigenvalue weighted by molar-refractivity contribution is -0.124. The van der Waals surface area contributed by atoms with Crippen molar-refractivity contribution in [1.82, 2.24) is 5.32 Å². The summed E-state index contributed by atoms with van der Waals surface area (Å²) in [5.74, 6) is -0.281. The van der Waals surface area contributed by atoms with Crippen LogP contribution in [0.4, 0.5) is 5.69 Å². The molecule has 0 aliphatic rings. The number of rotatable bonds is 7. The summed E-state index contributed by atoms with van der Waals surface area (Å²) >= 11 is 5.79. The number of anilines is 1. The Kier molecular flexibility index (Phi) is 6.86. The molecule has 3 N–H and O–H groups in total. The van der Waals surface area contributed by atoms with E-state index in [9.17, 15) is 9.59 Å². The zero-order valence-corrected chi connectivity index (χ0v) is 15.4. The van der Waals surface area contributed by atoms with Gasteiger partial charge in [-0.05, 0) is 43.7 Å². The van der Waals surface area contributed by atoms with Gasteiger partial charge in [-0.15, -0.1) is 0 Å². The topological polar surface area (TPSA) is 90.6 Å². The summed E-state index contributed by atoms with van der Waals surface area (Å²) in [7, 11) is 0. The van der Waals surface area contributed by atoms with Gasteiger partial charge in [0, 0.05) is 0 Å². The van der Waals surface area contributed by atoms with Gasteiger partial charge in [-0.25, -0.2) is 4.79 Å². The second kappa shape index (κ2) is 9.10. The lowest BCUT2D eigenvalue weighted by Crippen LogP contribution is -2.32. The molecule has 0 fully saturated rings. The van der Waals surface area contributed by atoms with Crippen LogP contribution in [0.15, 0.2) is 36.4 Å². The monoisotopic (exact) mass is 376 g/mol. The van der Waals surface area contributed by atoms with Gasteiger partial charge < -0.3 is 20.5 Å². The molecule has 0 aliphatic heterocycles. The SMILES string of the molecule is Cc1ccc(OCCNC(=O)COC(=O)c2ccc(Cl)c(N)c2)c(C)c1. The standard InChI is InChI=1S/C19H21ClN2O4/c1-12-3-6-17(13(2)9-12)25-8-7-22-18(23)11-26-19(24)14-4-5-15(20)16(21)10-14/h3-6,9-10H,7-8,11,21H2,1-2H3,(H,22,23). The van der Waals surface area contributed by atoms with Crippen molar-refractivity contribution < 1.29 is 19.1 Å². The van der Waals surface area contributed by atoms with Crippen molar-refractivity contribution in [1.29, 1.82) is 0 Å². The number of hydrogen-bond donors (Lipinski definition) is 2. The molecule has 0 unspecified atom stereocenters. The Morgan fingerprint density at radius 3 is 2.62 bits per heavy atom. The number of nitrogens with two attached hydrogens (primary N) is 1. The second-order valence-electron chi connectivity index (χ2n) is 5.78. The molecule has 1 amide bonds. The smallest absolute Gasteiger partial charge is 0.338 e. The molecule has 0 atom stereocenters. The second-order valence-corrected chi connectivity index (χ2v) is 6.19. The Balaban J connectivity index is 1.70. The number of halogens is 1. The van der Waals surface area contributed by atoms with E-state index in [0.29, 0.717) is 18.2 Å². The summed E-state index contributed by atoms with van der Waals surface area (Å²) in [6, 6.07) is 10.3. The van der Waals surface area contributed by atoms with Crippen LogP contribution in [0.25, 0.3) is 0 Å². The van der Waals surface area contributed by atoms with Crippen LogP contribution in [0.2, 0.25) is 5.02 Å². The van der Waals surface area contributed by atoms with Gasteiger partial charge >= 0.3 is 5.97 Å². The lowest BCUT2D eigenvalue weighted by Gasteiger charge is -2.11. The maximum absolute atomic E-state index is 11.9. The number of ether oxygens (including phenoxy) is 2. The maximum Gasteiger partial charge on any atom is 0.338 e. The third-order valence-corrected chi connectivity index (χ3v) is 3.92. The van der Waals surface area contributed by atoms with E-state index in [1.54, 1.807) is 0 Å². The van der Waals surface area contributed by atoms with Crippen molar-refractivity contribution in [3.63, 3.8) is 0 Å². The molecule has 6 nitrogen and oxygen atoms in total. The number of carbonyl (C=O) groups is 2. The van der Waals surface area contributed by atoms with E-state index in [4.69, 9.17) is 26.8 Å². The largest absolute Gasteiger partial charge is 0.491 e. The van der Waals surface area contributed by atoms with Crippen LogP contribution in [-0.2, 0) is 9.53 Å². The maximum atomic E-state index is 11.9. The lowest BCUT2D eigenvalue weighted by atomic mass is 10.1. The van der Waals surface area contributed by atoms with Gasteiger partial charge in [0.05, 0.1) is 22.8 Å². The van der Waals surface area contributed by atoms with Gasteiger partial charge in [0.25, 0.3) is 5.91 Å². The van der Waals surface area contributed by atoms with Crippen LogP contribution in [0, 0.1) is 13.8 Å². The minimum atomic E-state index is -0.643. The number of esters is 1. The molecule has 7 heteroatoms. The van der Waals surface area contributed by atoms with Crippen LogP contribution >= 0.6 is 11.6 Å². The molecule has 2 rings (SSSR count). The summed E-state index contributed by atoms with van der Waals surface area (Å²) < 4.78 is 10.6. The molecule has 0 saturated carbocycles. The number of hydrogen-bond acceptors (Lipinski definition) is 5. The quantitative estimate of drug-likeness (QED) is 0.440. The summed E-state index contributed by atoms with van der Waals surface area (Å²) in [5, 5.41) is 2.97. The van der Waals surface area contributed by atoms with Gasteiger partial charge in [-0.2, -0.15) is 0 Å². The zero-order valence-electron chi connectivity index (χ0n) is 14.7. The van der Waals surface area contributed by atoms with E-state index in [1.165, 1.54) is 18.2 Å². The third kappa shape index (κ3) is 5.67. The third-order valence-electron chi connectivity index (χ3n) is 3.58. The molecule has 0 aliphatic carbocycles. The Morgan fingerprint density at radius 1 is 1.15 bits per heavy atom. The molecular weight excluding hydrogens is 356 g/mol. The highest BCUT2D eigenvalue weighted by atomic mass is 35.5. The summed E-state index contributed by atoms with van der Waals surface area (Å²) in [6.45, 7) is 4.21. The van der Waals surface area contributed by atoms with Crippen LogP contribution in [0.5, 0.6) is 5.75 Å². The molecule has 2 aromatic rings. The average Bonchev–Trinajstić information content (AvgIpc) is 2.60. The van der Waals surface area contributed by atoms with Crippen LogP contribution < -0.4 is 15.8 Å². The average molecular weight is 377 g/mol. The van der Waals surface area contributed by atoms with Crippen molar-refractivity contribution >= 4 is 29.2 Å². The highest BCUT2D eigenvalue weighted by Gasteiger charge is 2.11. The van der Waals surface area contributed by atoms with Crippen LogP contribution in [0.1, 0.15) is 21.5 Å². The number of amides is 1. The number of nitrogens with one attached hydrogen (secondary N) is 1. The van der Waals surface area contributed by atoms with Gasteiger partial charge in [-0.1, -0.05) is 29.3 Å². The first-order valence-electron chi connectivity index (χ1n) is 8.05. The Morgan fingerprint density at radius 2 is 1.92 bits per heavy atom. The predicted octanol–water partition coefficient (Wildman–Crippen LogP) is 2.89. The fourth-order valence-corrected chi connectivity index (χ4v) is 2.37. The van der Waals surface area contributed by atoms with E-state index in [-0.39, 0.29) is 17.9 Å². The minimum Gasteiger partial charge on any atom is -0.491 e. The zero-order chi connectivity index (χ0) is 19.1. The predicted molar refractivity (Wildman–Crippen MR) is 101 cm³/mol. The van der Waals surface area contributed by atoms with E-state index in [2.05, 4.69) is 5.32 Å². The fraction of sp³-hybridized carbons (Fsp3) is 0.263. The van der Waals surface area contributed by atoms with Gasteiger partial charge in [0.1, 0.15) is 12.4 Å². The molecule has 138 valence electrons. The molecular formula is C19H21ClN2O4. The molecule has 0 heterocycles. The van der Waals surface area contributed by atoms with Gasteiger partial charge in [0.2, 0.25) is 0 Å². The fourth-order valence-electron chi connectivity index (χ4n) is 2.25. The van der Waals surface area contributed by atoms with Crippen molar-refractivity contribution in [2.24, 2.45) is 0 Å². The van der Waals surface area contributed by atoms with Crippen LogP contribution in [0.3, 0.4) is 0 Å². The van der Waals surface area contributed by atoms with Crippen molar-refractivity contribution in [2.75, 3.05) is 25.5 Å². The first-order valence-corrected chi connectivity index (χ1v) is 8.43. The molecule has 0 saturated heterocycles. The normalized spacial score (nSPS) is 10.3. The van der Waals surface area contributed by atoms with Crippen LogP contribution in [-0.4, -0.2) is 31.6 Å². The molecule has 26 heavy (non-hydrogen) atoms. The number of aryl methyl sites for hydroxylation is 2. The van der Waals surface area contributed by atoms with Crippen molar-refractivity contribution in [3.8, 4) is 5.75 Å². The minimum absolute atomic E-state index is 0.234. The summed E-state index contributed by atoms with van der Waals surface area (Å²) in [6.07, 6.45) is 0. The van der Waals surface area contributed by atoms with Crippen molar-refractivity contribution in [2.45, 2.75) is 13.8 Å². The first-order chi connectivity index (χ1) is 12.4. The number of nitrogen functional groups attached to an aromatic ring is 1. The van der Waals surface area contributed by atoms with E-state index < -0.39 is 11.9 Å². The Hall–Kier alpha value is -2.73. The number of carbonyl (C=O) groups excluding carboxylic acids is 2. The Labute approximate surface area is 157 Å². The Bertz CT molecular complexity index is 808. The van der Waals surface area contributed by atoms with Gasteiger partial charge in [-0.3, -0.25) is 4.79 Å². The molecule has 0 bridgehead atoms. The van der Waals surface area contributed by atoms with E-state index in [0.717, 1.165) is 16.9 Å². The first kappa shape index (κ1) is 19.6. The summed E-state index contributed by atoms with van der Waals surface area (Å²) in [4.78, 5) is 23.6. The van der Waals surface area contributed by atoms with E-state index in [1.807, 2.05) is 32.0 Å². The van der Waals surface area contributed by atoms with Crippen molar-refractivity contribution in [3.05, 3.63) is 58.1 Å². The van der Waals surface area contributed by atoms with Gasteiger partial charge in [0.15, 0.2) is 6.61 Å². The summed E-state index contributed by atoms with van der Waals surface area (Å²) in [5.41, 5.74) is 8.33. The molecule has 0 radical (unpaired) electrons. The molecule has 0 spiro atoms.